The number of rotatable bonds is 8. The van der Waals surface area contributed by atoms with Gasteiger partial charge in [0.15, 0.2) is 11.5 Å². The third-order valence-corrected chi connectivity index (χ3v) is 5.16. The van der Waals surface area contributed by atoms with E-state index in [1.165, 1.54) is 14.2 Å². The van der Waals surface area contributed by atoms with E-state index in [0.29, 0.717) is 22.7 Å². The van der Waals surface area contributed by atoms with Gasteiger partial charge in [0.05, 0.1) is 26.5 Å². The summed E-state index contributed by atoms with van der Waals surface area (Å²) in [5.41, 5.74) is 1.09. The fourth-order valence-corrected chi connectivity index (χ4v) is 3.71. The fourth-order valence-electron chi connectivity index (χ4n) is 2.19. The molecule has 26 heavy (non-hydrogen) atoms. The molecule has 0 heterocycles. The summed E-state index contributed by atoms with van der Waals surface area (Å²) in [6.07, 6.45) is 0. The summed E-state index contributed by atoms with van der Waals surface area (Å²) in [5, 5.41) is 2.60. The van der Waals surface area contributed by atoms with Crippen molar-refractivity contribution in [2.45, 2.75) is 5.75 Å². The Labute approximate surface area is 160 Å². The number of ether oxygens (including phenoxy) is 2. The Balaban J connectivity index is 1.93. The maximum Gasteiger partial charge on any atom is 0.239 e. The van der Waals surface area contributed by atoms with Crippen LogP contribution in [0.15, 0.2) is 46.9 Å². The highest BCUT2D eigenvalue weighted by atomic mass is 79.9. The van der Waals surface area contributed by atoms with Crippen LogP contribution in [0.4, 0.5) is 5.69 Å². The Morgan fingerprint density at radius 2 is 1.81 bits per heavy atom. The third kappa shape index (κ3) is 6.01. The molecule has 0 bridgehead atoms. The number of hydrogen-bond donors (Lipinski definition) is 2. The van der Waals surface area contributed by atoms with Gasteiger partial charge in [0.1, 0.15) is 0 Å². The number of hydrogen-bond acceptors (Lipinski definition) is 5. The molecule has 1 amide bonds. The predicted molar refractivity (Wildman–Crippen MR) is 103 cm³/mol. The lowest BCUT2D eigenvalue weighted by atomic mass is 10.2. The number of sulfonamides is 1. The molecule has 0 saturated carbocycles. The number of halogens is 1. The van der Waals surface area contributed by atoms with Gasteiger partial charge in [-0.3, -0.25) is 4.79 Å². The second-order valence-electron chi connectivity index (χ2n) is 5.33. The van der Waals surface area contributed by atoms with Crippen LogP contribution >= 0.6 is 15.9 Å². The second kappa shape index (κ2) is 9.02. The van der Waals surface area contributed by atoms with E-state index in [4.69, 9.17) is 9.47 Å². The molecule has 0 aliphatic heterocycles. The van der Waals surface area contributed by atoms with Crippen LogP contribution in [-0.2, 0) is 20.6 Å². The molecule has 0 fully saturated rings. The molecule has 0 aromatic heterocycles. The van der Waals surface area contributed by atoms with Gasteiger partial charge >= 0.3 is 0 Å². The van der Waals surface area contributed by atoms with Gasteiger partial charge in [0.25, 0.3) is 0 Å². The summed E-state index contributed by atoms with van der Waals surface area (Å²) < 4.78 is 37.6. The van der Waals surface area contributed by atoms with Crippen molar-refractivity contribution in [3.63, 3.8) is 0 Å². The van der Waals surface area contributed by atoms with Gasteiger partial charge in [-0.05, 0) is 29.8 Å². The summed E-state index contributed by atoms with van der Waals surface area (Å²) in [4.78, 5) is 12.0. The lowest BCUT2D eigenvalue weighted by Gasteiger charge is -2.11. The van der Waals surface area contributed by atoms with Crippen LogP contribution in [0, 0.1) is 0 Å². The van der Waals surface area contributed by atoms with Crippen LogP contribution in [0.25, 0.3) is 0 Å². The van der Waals surface area contributed by atoms with E-state index >= 15 is 0 Å². The molecule has 0 unspecified atom stereocenters. The summed E-state index contributed by atoms with van der Waals surface area (Å²) >= 11 is 3.29. The third-order valence-electron chi connectivity index (χ3n) is 3.37. The highest BCUT2D eigenvalue weighted by Crippen LogP contribution is 2.29. The molecule has 0 atom stereocenters. The Morgan fingerprint density at radius 1 is 1.08 bits per heavy atom. The Hall–Kier alpha value is -2.10. The van der Waals surface area contributed by atoms with Crippen LogP contribution < -0.4 is 19.5 Å². The van der Waals surface area contributed by atoms with Gasteiger partial charge in [-0.15, -0.1) is 0 Å². The first-order valence-electron chi connectivity index (χ1n) is 7.56. The van der Waals surface area contributed by atoms with Crippen molar-refractivity contribution in [2.24, 2.45) is 0 Å². The number of carbonyl (C=O) groups excluding carboxylic acids is 1. The summed E-state index contributed by atoms with van der Waals surface area (Å²) in [6.45, 7) is -0.370. The summed E-state index contributed by atoms with van der Waals surface area (Å²) in [6, 6.07) is 11.8. The van der Waals surface area contributed by atoms with Gasteiger partial charge in [0.2, 0.25) is 15.9 Å². The molecule has 9 heteroatoms. The smallest absolute Gasteiger partial charge is 0.239 e. The average Bonchev–Trinajstić information content (AvgIpc) is 2.59. The minimum atomic E-state index is -3.64. The lowest BCUT2D eigenvalue weighted by molar-refractivity contribution is -0.115. The molecule has 2 N–H and O–H groups in total. The van der Waals surface area contributed by atoms with E-state index in [0.717, 1.165) is 4.47 Å². The maximum absolute atomic E-state index is 12.1. The van der Waals surface area contributed by atoms with E-state index in [9.17, 15) is 13.2 Å². The van der Waals surface area contributed by atoms with Gasteiger partial charge in [0, 0.05) is 16.2 Å². The number of benzene rings is 2. The number of methoxy groups -OCH3 is 2. The van der Waals surface area contributed by atoms with Crippen molar-refractivity contribution in [3.05, 3.63) is 52.5 Å². The molecular formula is C17H19BrN2O5S. The van der Waals surface area contributed by atoms with Crippen LogP contribution in [-0.4, -0.2) is 35.1 Å². The molecule has 0 radical (unpaired) electrons. The molecule has 0 spiro atoms. The van der Waals surface area contributed by atoms with E-state index < -0.39 is 15.9 Å². The molecule has 7 nitrogen and oxygen atoms in total. The molecule has 2 aromatic carbocycles. The van der Waals surface area contributed by atoms with Crippen molar-refractivity contribution in [3.8, 4) is 11.5 Å². The standard InChI is InChI=1S/C17H19BrN2O5S/c1-24-15-7-6-14(9-16(15)25-2)20-17(21)10-19-26(22,23)11-12-4-3-5-13(18)8-12/h3-9,19H,10-11H2,1-2H3,(H,20,21). The molecular weight excluding hydrogens is 424 g/mol. The van der Waals surface area contributed by atoms with E-state index in [1.54, 1.807) is 42.5 Å². The molecule has 2 aromatic rings. The SMILES string of the molecule is COc1ccc(NC(=O)CNS(=O)(=O)Cc2cccc(Br)c2)cc1OC. The van der Waals surface area contributed by atoms with Crippen LogP contribution in [0.3, 0.4) is 0 Å². The number of carbonyl (C=O) groups is 1. The van der Waals surface area contributed by atoms with E-state index in [1.807, 2.05) is 0 Å². The normalized spacial score (nSPS) is 11.0. The Kier molecular flexibility index (Phi) is 7.01. The molecule has 0 aliphatic carbocycles. The largest absolute Gasteiger partial charge is 0.493 e. The van der Waals surface area contributed by atoms with Gasteiger partial charge < -0.3 is 14.8 Å². The van der Waals surface area contributed by atoms with Gasteiger partial charge in [-0.1, -0.05) is 28.1 Å². The summed E-state index contributed by atoms with van der Waals surface area (Å²) in [7, 11) is -0.643. The van der Waals surface area contributed by atoms with Crippen molar-refractivity contribution >= 4 is 37.5 Å². The van der Waals surface area contributed by atoms with Crippen LogP contribution in [0.2, 0.25) is 0 Å². The van der Waals surface area contributed by atoms with Gasteiger partial charge in [-0.25, -0.2) is 13.1 Å². The summed E-state index contributed by atoms with van der Waals surface area (Å²) in [5.74, 6) is 0.284. The first-order chi connectivity index (χ1) is 12.3. The van der Waals surface area contributed by atoms with Crippen LogP contribution in [0.1, 0.15) is 5.56 Å². The van der Waals surface area contributed by atoms with Gasteiger partial charge in [-0.2, -0.15) is 0 Å². The fraction of sp³-hybridized carbons (Fsp3) is 0.235. The zero-order chi connectivity index (χ0) is 19.2. The molecule has 0 saturated heterocycles. The first kappa shape index (κ1) is 20.2. The minimum absolute atomic E-state index is 0.212. The maximum atomic E-state index is 12.1. The highest BCUT2D eigenvalue weighted by Gasteiger charge is 2.14. The van der Waals surface area contributed by atoms with Crippen molar-refractivity contribution in [1.29, 1.82) is 0 Å². The lowest BCUT2D eigenvalue weighted by Crippen LogP contribution is -2.33. The monoisotopic (exact) mass is 442 g/mol. The minimum Gasteiger partial charge on any atom is -0.493 e. The quantitative estimate of drug-likeness (QED) is 0.654. The van der Waals surface area contributed by atoms with E-state index in [-0.39, 0.29) is 12.3 Å². The number of nitrogens with one attached hydrogen (secondary N) is 2. The van der Waals surface area contributed by atoms with Crippen molar-refractivity contribution in [2.75, 3.05) is 26.1 Å². The Morgan fingerprint density at radius 3 is 2.46 bits per heavy atom. The zero-order valence-electron chi connectivity index (χ0n) is 14.3. The highest BCUT2D eigenvalue weighted by molar-refractivity contribution is 9.10. The topological polar surface area (TPSA) is 93.7 Å². The molecule has 2 rings (SSSR count). The number of anilines is 1. The van der Waals surface area contributed by atoms with Crippen LogP contribution in [0.5, 0.6) is 11.5 Å². The van der Waals surface area contributed by atoms with Crippen molar-refractivity contribution in [1.82, 2.24) is 4.72 Å². The Bertz CT molecular complexity index is 886. The molecule has 0 aliphatic rings. The zero-order valence-corrected chi connectivity index (χ0v) is 16.7. The number of amides is 1. The predicted octanol–water partition coefficient (Wildman–Crippen LogP) is 2.52. The molecule has 140 valence electrons. The average molecular weight is 443 g/mol. The first-order valence-corrected chi connectivity index (χ1v) is 10.0. The van der Waals surface area contributed by atoms with Crippen molar-refractivity contribution < 1.29 is 22.7 Å². The second-order valence-corrected chi connectivity index (χ2v) is 8.05. The van der Waals surface area contributed by atoms with E-state index in [2.05, 4.69) is 26.0 Å².